The zero-order valence-corrected chi connectivity index (χ0v) is 12.4. The van der Waals surface area contributed by atoms with Gasteiger partial charge in [0.25, 0.3) is 0 Å². The minimum absolute atomic E-state index is 0.117. The maximum Gasteiger partial charge on any atom is 0.317 e. The van der Waals surface area contributed by atoms with Gasteiger partial charge in [0.05, 0.1) is 0 Å². The molecule has 0 aliphatic carbocycles. The van der Waals surface area contributed by atoms with Crippen molar-refractivity contribution < 1.29 is 4.79 Å². The van der Waals surface area contributed by atoms with Crippen LogP contribution in [0.4, 0.5) is 4.79 Å². The minimum Gasteiger partial charge on any atom is -0.337 e. The summed E-state index contributed by atoms with van der Waals surface area (Å²) in [6.45, 7) is 11.4. The molecular formula is C13H26N2OS. The molecule has 0 spiro atoms. The lowest BCUT2D eigenvalue weighted by atomic mass is 10.0. The van der Waals surface area contributed by atoms with Crippen LogP contribution in [0.1, 0.15) is 40.5 Å². The summed E-state index contributed by atoms with van der Waals surface area (Å²) in [5.74, 6) is 1.64. The fourth-order valence-corrected chi connectivity index (χ4v) is 2.82. The first kappa shape index (κ1) is 14.7. The van der Waals surface area contributed by atoms with E-state index in [2.05, 4.69) is 33.0 Å². The van der Waals surface area contributed by atoms with Gasteiger partial charge in [-0.15, -0.1) is 0 Å². The molecule has 1 rings (SSSR count). The monoisotopic (exact) mass is 258 g/mol. The van der Waals surface area contributed by atoms with Crippen molar-refractivity contribution in [2.24, 2.45) is 5.92 Å². The molecule has 0 saturated carbocycles. The van der Waals surface area contributed by atoms with E-state index in [1.54, 1.807) is 0 Å². The summed E-state index contributed by atoms with van der Waals surface area (Å²) < 4.78 is 0.282. The Bertz CT molecular complexity index is 250. The second-order valence-electron chi connectivity index (χ2n) is 5.89. The Morgan fingerprint density at radius 2 is 2.18 bits per heavy atom. The molecule has 1 aliphatic heterocycles. The lowest BCUT2D eigenvalue weighted by molar-refractivity contribution is 0.170. The summed E-state index contributed by atoms with van der Waals surface area (Å²) in [4.78, 5) is 13.8. The number of urea groups is 1. The Kier molecular flexibility index (Phi) is 5.63. The van der Waals surface area contributed by atoms with Gasteiger partial charge in [0, 0.05) is 30.1 Å². The van der Waals surface area contributed by atoms with E-state index in [9.17, 15) is 4.79 Å². The molecule has 4 heteroatoms. The van der Waals surface area contributed by atoms with Crippen LogP contribution in [0.25, 0.3) is 0 Å². The topological polar surface area (TPSA) is 32.3 Å². The van der Waals surface area contributed by atoms with Gasteiger partial charge >= 0.3 is 6.03 Å². The highest BCUT2D eigenvalue weighted by Gasteiger charge is 2.20. The van der Waals surface area contributed by atoms with Gasteiger partial charge in [0.2, 0.25) is 0 Å². The van der Waals surface area contributed by atoms with Gasteiger partial charge in [-0.25, -0.2) is 4.79 Å². The summed E-state index contributed by atoms with van der Waals surface area (Å²) in [5.41, 5.74) is 0. The number of amides is 2. The fraction of sp³-hybridized carbons (Fsp3) is 0.923. The van der Waals surface area contributed by atoms with Gasteiger partial charge in [0.1, 0.15) is 0 Å². The van der Waals surface area contributed by atoms with Crippen LogP contribution in [0.5, 0.6) is 0 Å². The highest BCUT2D eigenvalue weighted by atomic mass is 32.2. The number of nitrogens with one attached hydrogen (secondary N) is 1. The molecule has 1 N–H and O–H groups in total. The van der Waals surface area contributed by atoms with Gasteiger partial charge in [-0.2, -0.15) is 11.8 Å². The number of hydrogen-bond acceptors (Lipinski definition) is 2. The Hall–Kier alpha value is -0.380. The number of carbonyl (C=O) groups is 1. The van der Waals surface area contributed by atoms with Crippen molar-refractivity contribution in [3.8, 4) is 0 Å². The molecule has 0 aromatic heterocycles. The molecule has 0 bridgehead atoms. The molecule has 1 fully saturated rings. The highest BCUT2D eigenvalue weighted by Crippen LogP contribution is 2.22. The maximum absolute atomic E-state index is 11.9. The van der Waals surface area contributed by atoms with Gasteiger partial charge in [-0.3, -0.25) is 0 Å². The van der Waals surface area contributed by atoms with E-state index >= 15 is 0 Å². The van der Waals surface area contributed by atoms with Crippen molar-refractivity contribution in [1.29, 1.82) is 0 Å². The summed E-state index contributed by atoms with van der Waals surface area (Å²) >= 11 is 1.89. The van der Waals surface area contributed by atoms with Crippen LogP contribution in [0.15, 0.2) is 0 Å². The molecule has 100 valence electrons. The molecule has 1 saturated heterocycles. The predicted octanol–water partition coefficient (Wildman–Crippen LogP) is 2.96. The maximum atomic E-state index is 11.9. The SMILES string of the molecule is C[C@H]1CCCN(C(=O)NCCSC(C)(C)C)C1. The van der Waals surface area contributed by atoms with Gasteiger partial charge in [-0.05, 0) is 18.8 Å². The van der Waals surface area contributed by atoms with E-state index < -0.39 is 0 Å². The summed E-state index contributed by atoms with van der Waals surface area (Å²) in [5, 5.41) is 3.01. The molecule has 1 aliphatic rings. The Balaban J connectivity index is 2.16. The van der Waals surface area contributed by atoms with E-state index in [0.717, 1.165) is 31.8 Å². The number of rotatable bonds is 3. The van der Waals surface area contributed by atoms with Crippen LogP contribution in [0.2, 0.25) is 0 Å². The zero-order chi connectivity index (χ0) is 12.9. The first-order chi connectivity index (χ1) is 7.88. The molecule has 3 nitrogen and oxygen atoms in total. The van der Waals surface area contributed by atoms with Crippen molar-refractivity contribution in [1.82, 2.24) is 10.2 Å². The van der Waals surface area contributed by atoms with Crippen molar-refractivity contribution >= 4 is 17.8 Å². The van der Waals surface area contributed by atoms with Crippen LogP contribution in [0.3, 0.4) is 0 Å². The van der Waals surface area contributed by atoms with E-state index in [0.29, 0.717) is 5.92 Å². The van der Waals surface area contributed by atoms with Crippen molar-refractivity contribution in [2.75, 3.05) is 25.4 Å². The number of carbonyl (C=O) groups excluding carboxylic acids is 1. The third kappa shape index (κ3) is 6.20. The highest BCUT2D eigenvalue weighted by molar-refractivity contribution is 8.00. The van der Waals surface area contributed by atoms with Crippen LogP contribution >= 0.6 is 11.8 Å². The van der Waals surface area contributed by atoms with Crippen molar-refractivity contribution in [3.05, 3.63) is 0 Å². The standard InChI is InChI=1S/C13H26N2OS/c1-11-6-5-8-15(10-11)12(16)14-7-9-17-13(2,3)4/h11H,5-10H2,1-4H3,(H,14,16)/t11-/m0/s1. The zero-order valence-electron chi connectivity index (χ0n) is 11.6. The summed E-state index contributed by atoms with van der Waals surface area (Å²) in [6.07, 6.45) is 2.40. The Labute approximate surface area is 110 Å². The smallest absolute Gasteiger partial charge is 0.317 e. The van der Waals surface area contributed by atoms with Gasteiger partial charge in [-0.1, -0.05) is 27.7 Å². The van der Waals surface area contributed by atoms with Crippen LogP contribution in [-0.2, 0) is 0 Å². The van der Waals surface area contributed by atoms with Crippen LogP contribution in [-0.4, -0.2) is 41.1 Å². The van der Waals surface area contributed by atoms with E-state index in [-0.39, 0.29) is 10.8 Å². The lowest BCUT2D eigenvalue weighted by Crippen LogP contribution is -2.45. The molecule has 0 radical (unpaired) electrons. The van der Waals surface area contributed by atoms with Crippen LogP contribution < -0.4 is 5.32 Å². The normalized spacial score (nSPS) is 21.4. The average Bonchev–Trinajstić information content (AvgIpc) is 2.23. The molecule has 17 heavy (non-hydrogen) atoms. The molecule has 0 aromatic carbocycles. The average molecular weight is 258 g/mol. The van der Waals surface area contributed by atoms with E-state index in [4.69, 9.17) is 0 Å². The molecular weight excluding hydrogens is 232 g/mol. The number of hydrogen-bond donors (Lipinski definition) is 1. The first-order valence-electron chi connectivity index (χ1n) is 6.55. The quantitative estimate of drug-likeness (QED) is 0.789. The lowest BCUT2D eigenvalue weighted by Gasteiger charge is -2.31. The summed E-state index contributed by atoms with van der Waals surface area (Å²) in [6, 6.07) is 0.117. The number of thioether (sulfide) groups is 1. The van der Waals surface area contributed by atoms with Gasteiger partial charge < -0.3 is 10.2 Å². The fourth-order valence-electron chi connectivity index (χ4n) is 2.00. The number of piperidine rings is 1. The van der Waals surface area contributed by atoms with Crippen molar-refractivity contribution in [2.45, 2.75) is 45.3 Å². The third-order valence-electron chi connectivity index (χ3n) is 2.86. The predicted molar refractivity (Wildman–Crippen MR) is 75.6 cm³/mol. The second kappa shape index (κ2) is 6.53. The number of likely N-dealkylation sites (tertiary alicyclic amines) is 1. The molecule has 1 atom stereocenters. The van der Waals surface area contributed by atoms with Crippen LogP contribution in [0, 0.1) is 5.92 Å². The molecule has 0 unspecified atom stereocenters. The first-order valence-corrected chi connectivity index (χ1v) is 7.54. The largest absolute Gasteiger partial charge is 0.337 e. The summed E-state index contributed by atoms with van der Waals surface area (Å²) in [7, 11) is 0. The second-order valence-corrected chi connectivity index (χ2v) is 7.81. The Morgan fingerprint density at radius 1 is 1.47 bits per heavy atom. The van der Waals surface area contributed by atoms with E-state index in [1.807, 2.05) is 16.7 Å². The van der Waals surface area contributed by atoms with E-state index in [1.165, 1.54) is 6.42 Å². The third-order valence-corrected chi connectivity index (χ3v) is 4.13. The molecule has 1 heterocycles. The number of nitrogens with zero attached hydrogens (tertiary/aromatic N) is 1. The van der Waals surface area contributed by atoms with Gasteiger partial charge in [0.15, 0.2) is 0 Å². The van der Waals surface area contributed by atoms with Crippen molar-refractivity contribution in [3.63, 3.8) is 0 Å². The Morgan fingerprint density at radius 3 is 2.76 bits per heavy atom. The minimum atomic E-state index is 0.117. The molecule has 0 aromatic rings. The molecule has 2 amide bonds.